The average Bonchev–Trinajstić information content (AvgIpc) is 3.09. The van der Waals surface area contributed by atoms with E-state index in [4.69, 9.17) is 4.42 Å². The number of carboxylic acid groups (broad SMARTS) is 1. The van der Waals surface area contributed by atoms with E-state index in [1.54, 1.807) is 32.3 Å². The Balaban J connectivity index is 1.76. The first-order valence-electron chi connectivity index (χ1n) is 9.38. The van der Waals surface area contributed by atoms with E-state index in [-0.39, 0.29) is 4.90 Å². The van der Waals surface area contributed by atoms with Gasteiger partial charge in [0.1, 0.15) is 17.2 Å². The molecule has 4 aromatic rings. The lowest BCUT2D eigenvalue weighted by molar-refractivity contribution is -0.140. The summed E-state index contributed by atoms with van der Waals surface area (Å²) in [6, 6.07) is 12.9. The fourth-order valence-corrected chi connectivity index (χ4v) is 4.71. The number of sulfonamides is 1. The second-order valence-electron chi connectivity index (χ2n) is 7.39. The van der Waals surface area contributed by atoms with Crippen LogP contribution in [-0.2, 0) is 14.8 Å². The van der Waals surface area contributed by atoms with Crippen molar-refractivity contribution in [3.8, 4) is 11.1 Å². The Bertz CT molecular complexity index is 1340. The highest BCUT2D eigenvalue weighted by molar-refractivity contribution is 7.89. The van der Waals surface area contributed by atoms with Crippen LogP contribution in [-0.4, -0.2) is 30.5 Å². The molecular formula is C22H20N2O5S. The minimum atomic E-state index is -4.03. The number of nitrogens with zero attached hydrogens (tertiary/aromatic N) is 1. The van der Waals surface area contributed by atoms with Gasteiger partial charge in [0.2, 0.25) is 10.0 Å². The van der Waals surface area contributed by atoms with Crippen molar-refractivity contribution in [2.75, 3.05) is 0 Å². The maximum absolute atomic E-state index is 12.7. The second-order valence-corrected chi connectivity index (χ2v) is 9.10. The number of nitrogens with one attached hydrogen (secondary N) is 1. The zero-order valence-electron chi connectivity index (χ0n) is 16.4. The molecule has 0 aliphatic carbocycles. The average molecular weight is 424 g/mol. The molecule has 0 amide bonds. The molecule has 0 saturated carbocycles. The molecular weight excluding hydrogens is 404 g/mol. The van der Waals surface area contributed by atoms with Gasteiger partial charge in [-0.05, 0) is 53.4 Å². The summed E-state index contributed by atoms with van der Waals surface area (Å²) in [6.07, 6.45) is 3.44. The van der Waals surface area contributed by atoms with E-state index in [9.17, 15) is 18.3 Å². The summed E-state index contributed by atoms with van der Waals surface area (Å²) in [4.78, 5) is 15.4. The predicted molar refractivity (Wildman–Crippen MR) is 114 cm³/mol. The van der Waals surface area contributed by atoms with Gasteiger partial charge in [0, 0.05) is 29.2 Å². The third-order valence-electron chi connectivity index (χ3n) is 4.98. The topological polar surface area (TPSA) is 110 Å². The molecule has 4 rings (SSSR count). The molecule has 7 nitrogen and oxygen atoms in total. The van der Waals surface area contributed by atoms with Gasteiger partial charge < -0.3 is 9.52 Å². The molecule has 2 heterocycles. The van der Waals surface area contributed by atoms with Crippen molar-refractivity contribution in [3.05, 3.63) is 60.9 Å². The summed E-state index contributed by atoms with van der Waals surface area (Å²) >= 11 is 0. The molecule has 0 aliphatic heterocycles. The number of rotatable bonds is 6. The minimum absolute atomic E-state index is 0.0460. The Hall–Kier alpha value is -3.23. The molecule has 0 radical (unpaired) electrons. The Kier molecular flexibility index (Phi) is 5.05. The normalized spacial score (nSPS) is 13.2. The summed E-state index contributed by atoms with van der Waals surface area (Å²) in [5, 5.41) is 10.9. The van der Waals surface area contributed by atoms with E-state index in [0.717, 1.165) is 21.9 Å². The number of aliphatic carboxylic acids is 1. The lowest BCUT2D eigenvalue weighted by Crippen LogP contribution is -2.44. The number of hydrogen-bond acceptors (Lipinski definition) is 5. The number of hydrogen-bond donors (Lipinski definition) is 2. The van der Waals surface area contributed by atoms with Crippen molar-refractivity contribution >= 4 is 37.9 Å². The molecule has 0 unspecified atom stereocenters. The summed E-state index contributed by atoms with van der Waals surface area (Å²) in [6.45, 7) is 3.29. The first kappa shape index (κ1) is 20.1. The van der Waals surface area contributed by atoms with Crippen LogP contribution in [0.4, 0.5) is 0 Å². The first-order valence-corrected chi connectivity index (χ1v) is 10.9. The summed E-state index contributed by atoms with van der Waals surface area (Å²) < 4.78 is 33.6. The van der Waals surface area contributed by atoms with Crippen LogP contribution in [0.3, 0.4) is 0 Å². The minimum Gasteiger partial charge on any atom is -0.480 e. The van der Waals surface area contributed by atoms with Crippen LogP contribution in [0.2, 0.25) is 0 Å². The zero-order valence-corrected chi connectivity index (χ0v) is 17.2. The van der Waals surface area contributed by atoms with E-state index in [0.29, 0.717) is 11.2 Å². The van der Waals surface area contributed by atoms with Gasteiger partial charge in [-0.25, -0.2) is 8.42 Å². The zero-order chi connectivity index (χ0) is 21.5. The highest BCUT2D eigenvalue weighted by Crippen LogP contribution is 2.33. The molecule has 0 saturated heterocycles. The Labute approximate surface area is 173 Å². The molecule has 30 heavy (non-hydrogen) atoms. The summed E-state index contributed by atoms with van der Waals surface area (Å²) in [5.74, 6) is -1.62. The van der Waals surface area contributed by atoms with Crippen LogP contribution in [0, 0.1) is 5.92 Å². The van der Waals surface area contributed by atoms with Crippen molar-refractivity contribution in [3.63, 3.8) is 0 Å². The molecule has 2 N–H and O–H groups in total. The fourth-order valence-electron chi connectivity index (χ4n) is 3.36. The van der Waals surface area contributed by atoms with Crippen LogP contribution < -0.4 is 4.72 Å². The third kappa shape index (κ3) is 3.67. The van der Waals surface area contributed by atoms with Crippen molar-refractivity contribution < 1.29 is 22.7 Å². The molecule has 2 aromatic heterocycles. The summed E-state index contributed by atoms with van der Waals surface area (Å²) in [5.41, 5.74) is 3.05. The summed E-state index contributed by atoms with van der Waals surface area (Å²) in [7, 11) is -4.03. The monoisotopic (exact) mass is 424 g/mol. The van der Waals surface area contributed by atoms with Crippen LogP contribution in [0.25, 0.3) is 33.1 Å². The van der Waals surface area contributed by atoms with Crippen LogP contribution >= 0.6 is 0 Å². The lowest BCUT2D eigenvalue weighted by atomic mass is 10.0. The number of aromatic nitrogens is 1. The largest absolute Gasteiger partial charge is 0.480 e. The Morgan fingerprint density at radius 1 is 0.967 bits per heavy atom. The van der Waals surface area contributed by atoms with Gasteiger partial charge in [-0.3, -0.25) is 9.78 Å². The smallest absolute Gasteiger partial charge is 0.322 e. The van der Waals surface area contributed by atoms with Crippen molar-refractivity contribution in [2.45, 2.75) is 24.8 Å². The predicted octanol–water partition coefficient (Wildman–Crippen LogP) is 4.04. The van der Waals surface area contributed by atoms with Crippen LogP contribution in [0.1, 0.15) is 13.8 Å². The number of benzene rings is 2. The number of fused-ring (bicyclic) bond motifs is 3. The van der Waals surface area contributed by atoms with Crippen molar-refractivity contribution in [2.24, 2.45) is 5.92 Å². The Morgan fingerprint density at radius 3 is 2.37 bits per heavy atom. The molecule has 0 spiro atoms. The Morgan fingerprint density at radius 2 is 1.70 bits per heavy atom. The molecule has 2 aromatic carbocycles. The van der Waals surface area contributed by atoms with Crippen LogP contribution in [0.15, 0.2) is 70.2 Å². The fraction of sp³-hybridized carbons (Fsp3) is 0.182. The van der Waals surface area contributed by atoms with E-state index in [2.05, 4.69) is 9.71 Å². The van der Waals surface area contributed by atoms with Gasteiger partial charge in [-0.15, -0.1) is 0 Å². The third-order valence-corrected chi connectivity index (χ3v) is 6.42. The molecule has 8 heteroatoms. The maximum atomic E-state index is 12.7. The molecule has 0 bridgehead atoms. The first-order chi connectivity index (χ1) is 14.3. The van der Waals surface area contributed by atoms with Gasteiger partial charge in [-0.1, -0.05) is 19.9 Å². The molecule has 154 valence electrons. The number of carbonyl (C=O) groups is 1. The highest BCUT2D eigenvalue weighted by Gasteiger charge is 2.28. The number of furan rings is 1. The van der Waals surface area contributed by atoms with Gasteiger partial charge in [0.05, 0.1) is 4.90 Å². The molecule has 0 fully saturated rings. The van der Waals surface area contributed by atoms with E-state index < -0.39 is 28.0 Å². The van der Waals surface area contributed by atoms with E-state index in [1.807, 2.05) is 30.3 Å². The highest BCUT2D eigenvalue weighted by atomic mass is 32.2. The molecule has 0 aliphatic rings. The second kappa shape index (κ2) is 7.55. The van der Waals surface area contributed by atoms with Gasteiger partial charge >= 0.3 is 5.97 Å². The number of carboxylic acids is 1. The quantitative estimate of drug-likeness (QED) is 0.484. The van der Waals surface area contributed by atoms with Crippen LogP contribution in [0.5, 0.6) is 0 Å². The van der Waals surface area contributed by atoms with Gasteiger partial charge in [0.15, 0.2) is 0 Å². The standard InChI is InChI=1S/C22H20N2O5S/c1-13(2)21(22(25)26)24-30(27,28)16-4-5-17-18-11-15(14-7-9-23-10-8-14)3-6-19(18)29-20(17)12-16/h3-13,21,24H,1-2H3,(H,25,26)/t21-/m0/s1. The number of pyridine rings is 1. The van der Waals surface area contributed by atoms with Crippen molar-refractivity contribution in [1.29, 1.82) is 0 Å². The van der Waals surface area contributed by atoms with E-state index in [1.165, 1.54) is 12.1 Å². The van der Waals surface area contributed by atoms with Crippen molar-refractivity contribution in [1.82, 2.24) is 9.71 Å². The van der Waals surface area contributed by atoms with Gasteiger partial charge in [0.25, 0.3) is 0 Å². The molecule has 1 atom stereocenters. The maximum Gasteiger partial charge on any atom is 0.322 e. The van der Waals surface area contributed by atoms with E-state index >= 15 is 0 Å². The lowest BCUT2D eigenvalue weighted by Gasteiger charge is -2.17. The SMILES string of the molecule is CC(C)[C@H](NS(=O)(=O)c1ccc2c(c1)oc1ccc(-c3ccncc3)cc12)C(=O)O. The van der Waals surface area contributed by atoms with Gasteiger partial charge in [-0.2, -0.15) is 4.72 Å².